The lowest BCUT2D eigenvalue weighted by molar-refractivity contribution is 0.830. The highest BCUT2D eigenvalue weighted by atomic mass is 32.2. The Morgan fingerprint density at radius 2 is 2.06 bits per heavy atom. The van der Waals surface area contributed by atoms with Crippen LogP contribution < -0.4 is 0 Å². The fourth-order valence-corrected chi connectivity index (χ4v) is 2.52. The zero-order valence-electron chi connectivity index (χ0n) is 9.78. The summed E-state index contributed by atoms with van der Waals surface area (Å²) in [5, 5.41) is 18.0. The topological polar surface area (TPSA) is 54.5 Å². The molecule has 0 saturated heterocycles. The number of rotatable bonds is 4. The molecule has 0 bridgehead atoms. The van der Waals surface area contributed by atoms with Crippen LogP contribution in [-0.2, 0) is 0 Å². The Kier molecular flexibility index (Phi) is 3.03. The van der Waals surface area contributed by atoms with E-state index < -0.39 is 0 Å². The van der Waals surface area contributed by atoms with Crippen molar-refractivity contribution in [3.05, 3.63) is 36.2 Å². The first kappa shape index (κ1) is 11.3. The molecule has 1 aliphatic rings. The number of benzene rings is 1. The van der Waals surface area contributed by atoms with Crippen molar-refractivity contribution in [1.82, 2.24) is 14.8 Å². The molecular formula is C13H12N4S. The van der Waals surface area contributed by atoms with E-state index in [-0.39, 0.29) is 0 Å². The molecule has 0 amide bonds. The van der Waals surface area contributed by atoms with Gasteiger partial charge in [0.2, 0.25) is 0 Å². The van der Waals surface area contributed by atoms with Gasteiger partial charge in [0.1, 0.15) is 5.82 Å². The van der Waals surface area contributed by atoms with Gasteiger partial charge < -0.3 is 0 Å². The molecule has 1 saturated carbocycles. The summed E-state index contributed by atoms with van der Waals surface area (Å²) in [6.07, 6.45) is 2.38. The van der Waals surface area contributed by atoms with Crippen LogP contribution in [0.1, 0.15) is 24.6 Å². The lowest BCUT2D eigenvalue weighted by atomic mass is 10.3. The molecule has 90 valence electrons. The lowest BCUT2D eigenvalue weighted by Crippen LogP contribution is -2.01. The molecule has 5 heteroatoms. The summed E-state index contributed by atoms with van der Waals surface area (Å²) in [4.78, 5) is 0. The lowest BCUT2D eigenvalue weighted by Gasteiger charge is -2.08. The van der Waals surface area contributed by atoms with E-state index in [2.05, 4.69) is 20.8 Å². The van der Waals surface area contributed by atoms with Gasteiger partial charge >= 0.3 is 0 Å². The quantitative estimate of drug-likeness (QED) is 0.789. The molecule has 0 unspecified atom stereocenters. The molecule has 3 rings (SSSR count). The predicted octanol–water partition coefficient (Wildman–Crippen LogP) is 2.76. The Balaban J connectivity index is 2.03. The molecular weight excluding hydrogens is 244 g/mol. The average Bonchev–Trinajstić information content (AvgIpc) is 3.18. The molecule has 1 fully saturated rings. The van der Waals surface area contributed by atoms with Gasteiger partial charge in [0.05, 0.1) is 11.8 Å². The van der Waals surface area contributed by atoms with Gasteiger partial charge in [-0.1, -0.05) is 30.0 Å². The number of nitrogens with zero attached hydrogens (tertiary/aromatic N) is 4. The van der Waals surface area contributed by atoms with Crippen LogP contribution in [-0.4, -0.2) is 20.5 Å². The standard InChI is InChI=1S/C13H12N4S/c14-8-9-18-13-16-15-12(10-6-7-10)17(13)11-4-2-1-3-5-11/h1-5,10H,6-7,9H2. The van der Waals surface area contributed by atoms with E-state index in [1.807, 2.05) is 30.3 Å². The van der Waals surface area contributed by atoms with Gasteiger partial charge in [0.15, 0.2) is 5.16 Å². The molecule has 4 nitrogen and oxygen atoms in total. The summed E-state index contributed by atoms with van der Waals surface area (Å²) in [5.74, 6) is 1.96. The highest BCUT2D eigenvalue weighted by Crippen LogP contribution is 2.41. The van der Waals surface area contributed by atoms with E-state index in [0.717, 1.165) is 16.7 Å². The van der Waals surface area contributed by atoms with E-state index in [4.69, 9.17) is 5.26 Å². The van der Waals surface area contributed by atoms with Crippen LogP contribution in [0.5, 0.6) is 0 Å². The minimum atomic E-state index is 0.398. The average molecular weight is 256 g/mol. The molecule has 0 N–H and O–H groups in total. The molecule has 0 radical (unpaired) electrons. The van der Waals surface area contributed by atoms with Gasteiger partial charge in [-0.3, -0.25) is 4.57 Å². The maximum Gasteiger partial charge on any atom is 0.196 e. The van der Waals surface area contributed by atoms with E-state index >= 15 is 0 Å². The highest BCUT2D eigenvalue weighted by Gasteiger charge is 2.30. The smallest absolute Gasteiger partial charge is 0.196 e. The van der Waals surface area contributed by atoms with Gasteiger partial charge in [-0.15, -0.1) is 10.2 Å². The summed E-state index contributed by atoms with van der Waals surface area (Å²) in [5.41, 5.74) is 1.07. The maximum absolute atomic E-state index is 8.69. The van der Waals surface area contributed by atoms with E-state index in [9.17, 15) is 0 Å². The summed E-state index contributed by atoms with van der Waals surface area (Å²) in [7, 11) is 0. The first-order chi connectivity index (χ1) is 8.90. The third-order valence-electron chi connectivity index (χ3n) is 2.88. The van der Waals surface area contributed by atoms with Crippen molar-refractivity contribution in [1.29, 1.82) is 5.26 Å². The van der Waals surface area contributed by atoms with Crippen molar-refractivity contribution < 1.29 is 0 Å². The summed E-state index contributed by atoms with van der Waals surface area (Å²) in [6.45, 7) is 0. The van der Waals surface area contributed by atoms with Crippen molar-refractivity contribution in [2.24, 2.45) is 0 Å². The minimum Gasteiger partial charge on any atom is -0.274 e. The Bertz CT molecular complexity index is 581. The van der Waals surface area contributed by atoms with Crippen LogP contribution in [0.2, 0.25) is 0 Å². The monoisotopic (exact) mass is 256 g/mol. The number of nitriles is 1. The highest BCUT2D eigenvalue weighted by molar-refractivity contribution is 7.99. The van der Waals surface area contributed by atoms with Gasteiger partial charge in [0, 0.05) is 11.6 Å². The van der Waals surface area contributed by atoms with Crippen LogP contribution in [0, 0.1) is 11.3 Å². The second-order valence-electron chi connectivity index (χ2n) is 4.23. The Labute approximate surface area is 110 Å². The van der Waals surface area contributed by atoms with E-state index in [1.165, 1.54) is 24.6 Å². The summed E-state index contributed by atoms with van der Waals surface area (Å²) < 4.78 is 2.08. The Morgan fingerprint density at radius 1 is 1.28 bits per heavy atom. The molecule has 0 atom stereocenters. The minimum absolute atomic E-state index is 0.398. The molecule has 0 spiro atoms. The van der Waals surface area contributed by atoms with Gasteiger partial charge in [-0.05, 0) is 25.0 Å². The predicted molar refractivity (Wildman–Crippen MR) is 69.7 cm³/mol. The second-order valence-corrected chi connectivity index (χ2v) is 5.18. The van der Waals surface area contributed by atoms with E-state index in [0.29, 0.717) is 11.7 Å². The van der Waals surface area contributed by atoms with Gasteiger partial charge in [0.25, 0.3) is 0 Å². The van der Waals surface area contributed by atoms with Gasteiger partial charge in [-0.25, -0.2) is 0 Å². The van der Waals surface area contributed by atoms with Gasteiger partial charge in [-0.2, -0.15) is 5.26 Å². The van der Waals surface area contributed by atoms with Crippen molar-refractivity contribution in [2.45, 2.75) is 23.9 Å². The molecule has 1 aromatic carbocycles. The maximum atomic E-state index is 8.69. The molecule has 18 heavy (non-hydrogen) atoms. The summed E-state index contributed by atoms with van der Waals surface area (Å²) >= 11 is 1.44. The number of para-hydroxylation sites is 1. The fourth-order valence-electron chi connectivity index (χ4n) is 1.90. The summed E-state index contributed by atoms with van der Waals surface area (Å²) in [6, 6.07) is 12.2. The first-order valence-electron chi connectivity index (χ1n) is 5.90. The number of hydrogen-bond acceptors (Lipinski definition) is 4. The number of hydrogen-bond donors (Lipinski definition) is 0. The van der Waals surface area contributed by atoms with Crippen molar-refractivity contribution >= 4 is 11.8 Å². The van der Waals surface area contributed by atoms with Crippen LogP contribution in [0.25, 0.3) is 5.69 Å². The first-order valence-corrected chi connectivity index (χ1v) is 6.89. The third kappa shape index (κ3) is 2.12. The molecule has 1 aromatic heterocycles. The van der Waals surface area contributed by atoms with Crippen LogP contribution in [0.3, 0.4) is 0 Å². The largest absolute Gasteiger partial charge is 0.274 e. The van der Waals surface area contributed by atoms with Crippen LogP contribution in [0.4, 0.5) is 0 Å². The second kappa shape index (κ2) is 4.83. The van der Waals surface area contributed by atoms with Crippen molar-refractivity contribution in [2.75, 3.05) is 5.75 Å². The SMILES string of the molecule is N#CCSc1nnc(C2CC2)n1-c1ccccc1. The van der Waals surface area contributed by atoms with Crippen molar-refractivity contribution in [3.8, 4) is 11.8 Å². The number of aromatic nitrogens is 3. The third-order valence-corrected chi connectivity index (χ3v) is 3.68. The van der Waals surface area contributed by atoms with Crippen molar-refractivity contribution in [3.63, 3.8) is 0 Å². The normalized spacial score (nSPS) is 14.4. The molecule has 2 aromatic rings. The number of thioether (sulfide) groups is 1. The van der Waals surface area contributed by atoms with Crippen LogP contribution >= 0.6 is 11.8 Å². The zero-order chi connectivity index (χ0) is 12.4. The van der Waals surface area contributed by atoms with Crippen LogP contribution in [0.15, 0.2) is 35.5 Å². The van der Waals surface area contributed by atoms with E-state index in [1.54, 1.807) is 0 Å². The molecule has 1 heterocycles. The Hall–Kier alpha value is -1.80. The molecule has 1 aliphatic carbocycles. The Morgan fingerprint density at radius 3 is 2.72 bits per heavy atom. The fraction of sp³-hybridized carbons (Fsp3) is 0.308. The zero-order valence-corrected chi connectivity index (χ0v) is 10.6. The molecule has 0 aliphatic heterocycles.